The Labute approximate surface area is 693 Å². The number of phenols is 8. The van der Waals surface area contributed by atoms with Gasteiger partial charge in [0.15, 0.2) is 0 Å². The predicted molar refractivity (Wildman–Crippen MR) is 458 cm³/mol. The molecule has 4 heterocycles. The molecular formula is C96H148N4O16. The number of nitrogens with zero attached hydrogens (tertiary/aromatic N) is 4. The SMILES string of the molecule is CCCCCCCCCCCC1c2cc(c(O)c(CN3CCC[C@H]3C(=O)O)c2O)C(CCCCCCCCCCC)c2cc(c(O)c(CN3CCC[C@H]3C(=O)O)c2O)C(CCCCCCCCCCC)c2cc(c(O)c(CN3CCC[C@H]3C(=O)O)c2O)C(CCCCCCCCCCC)c2cc1c(O)c(CN1CCC[C@H]1C(=O)O)c2O. The molecule has 0 aromatic heterocycles. The van der Waals surface area contributed by atoms with Crippen LogP contribution in [-0.4, -0.2) is 155 Å². The van der Waals surface area contributed by atoms with Crippen LogP contribution in [0.25, 0.3) is 0 Å². The molecule has 4 fully saturated rings. The van der Waals surface area contributed by atoms with Crippen LogP contribution in [0.4, 0.5) is 0 Å². The molecule has 4 aromatic carbocycles. The van der Waals surface area contributed by atoms with Gasteiger partial charge in [-0.3, -0.25) is 38.8 Å². The van der Waals surface area contributed by atoms with Gasteiger partial charge in [-0.25, -0.2) is 0 Å². The van der Waals surface area contributed by atoms with Crippen LogP contribution in [-0.2, 0) is 45.4 Å². The number of carboxylic acid groups (broad SMARTS) is 4. The van der Waals surface area contributed by atoms with Gasteiger partial charge in [0.25, 0.3) is 0 Å². The first-order chi connectivity index (χ1) is 56.2. The first-order valence-corrected chi connectivity index (χ1v) is 46.3. The number of phenolic OH excluding ortho intramolecular Hbond substituents is 8. The first-order valence-electron chi connectivity index (χ1n) is 46.3. The largest absolute Gasteiger partial charge is 0.507 e. The number of aromatic hydroxyl groups is 8. The van der Waals surface area contributed by atoms with Gasteiger partial charge in [-0.15, -0.1) is 0 Å². The highest BCUT2D eigenvalue weighted by Gasteiger charge is 2.43. The van der Waals surface area contributed by atoms with Crippen LogP contribution < -0.4 is 0 Å². The molecule has 0 radical (unpaired) electrons. The third-order valence-corrected chi connectivity index (χ3v) is 27.1. The molecular weight excluding hydrogens is 1470 g/mol. The number of benzene rings is 4. The van der Waals surface area contributed by atoms with Gasteiger partial charge in [0.05, 0.1) is 22.3 Å². The van der Waals surface area contributed by atoms with E-state index in [0.29, 0.717) is 148 Å². The Morgan fingerprint density at radius 2 is 0.397 bits per heavy atom. The molecule has 9 rings (SSSR count). The fourth-order valence-corrected chi connectivity index (χ4v) is 20.3. The summed E-state index contributed by atoms with van der Waals surface area (Å²) in [5.41, 5.74) is 2.53. The average Bonchev–Trinajstić information content (AvgIpc) is 1.15. The van der Waals surface area contributed by atoms with Crippen molar-refractivity contribution >= 4 is 23.9 Å². The van der Waals surface area contributed by atoms with Crippen LogP contribution in [0.3, 0.4) is 0 Å². The molecule has 0 saturated carbocycles. The van der Waals surface area contributed by atoms with Crippen LogP contribution in [0.2, 0.25) is 0 Å². The highest BCUT2D eigenvalue weighted by molar-refractivity contribution is 5.76. The van der Waals surface area contributed by atoms with Crippen LogP contribution in [0.1, 0.15) is 426 Å². The van der Waals surface area contributed by atoms with Gasteiger partial charge >= 0.3 is 23.9 Å². The van der Waals surface area contributed by atoms with Crippen molar-refractivity contribution in [3.8, 4) is 46.0 Å². The molecule has 4 saturated heterocycles. The van der Waals surface area contributed by atoms with Crippen LogP contribution in [0.5, 0.6) is 46.0 Å². The van der Waals surface area contributed by atoms with E-state index in [1.807, 2.05) is 0 Å². The highest BCUT2D eigenvalue weighted by Crippen LogP contribution is 2.57. The minimum Gasteiger partial charge on any atom is -0.507 e. The number of unbranched alkanes of at least 4 members (excludes halogenated alkanes) is 32. The summed E-state index contributed by atoms with van der Waals surface area (Å²) in [5.74, 6) is -10.7. The van der Waals surface area contributed by atoms with E-state index in [-0.39, 0.29) is 120 Å². The Bertz CT molecular complexity index is 3180. The number of hydrogen-bond acceptors (Lipinski definition) is 16. The molecule has 4 atom stereocenters. The number of hydrogen-bond donors (Lipinski definition) is 12. The van der Waals surface area contributed by atoms with Gasteiger partial charge in [-0.05, 0) is 127 Å². The summed E-state index contributed by atoms with van der Waals surface area (Å²) in [6.07, 6.45) is 39.7. The summed E-state index contributed by atoms with van der Waals surface area (Å²) in [5, 5.41) is 154. The maximum atomic E-state index is 13.8. The number of rotatable bonds is 52. The molecule has 0 unspecified atom stereocenters. The zero-order valence-corrected chi connectivity index (χ0v) is 71.3. The summed E-state index contributed by atoms with van der Waals surface area (Å²) in [6, 6.07) is 3.31. The van der Waals surface area contributed by atoms with Gasteiger partial charge in [0.2, 0.25) is 0 Å². The van der Waals surface area contributed by atoms with Crippen molar-refractivity contribution in [2.24, 2.45) is 0 Å². The summed E-state index contributed by atoms with van der Waals surface area (Å²) >= 11 is 0. The molecule has 4 aromatic rings. The second kappa shape index (κ2) is 47.7. The number of carbonyl (C=O) groups is 4. The lowest BCUT2D eigenvalue weighted by molar-refractivity contribution is -0.143. The van der Waals surface area contributed by atoms with Crippen molar-refractivity contribution in [1.82, 2.24) is 19.6 Å². The summed E-state index contributed by atoms with van der Waals surface area (Å²) in [4.78, 5) is 60.3. The van der Waals surface area contributed by atoms with Gasteiger partial charge in [0, 0.05) is 94.4 Å². The third-order valence-electron chi connectivity index (χ3n) is 27.1. The normalized spacial score (nSPS) is 20.7. The maximum absolute atomic E-state index is 13.8. The van der Waals surface area contributed by atoms with Crippen LogP contribution >= 0.6 is 0 Å². The minimum absolute atomic E-state index is 0.0491. The van der Waals surface area contributed by atoms with Crippen molar-refractivity contribution in [3.63, 3.8) is 0 Å². The van der Waals surface area contributed by atoms with E-state index in [4.69, 9.17) is 0 Å². The number of carboxylic acids is 4. The van der Waals surface area contributed by atoms with Gasteiger partial charge in [0.1, 0.15) is 70.2 Å². The molecule has 648 valence electrons. The van der Waals surface area contributed by atoms with E-state index in [2.05, 4.69) is 27.7 Å². The van der Waals surface area contributed by atoms with Crippen molar-refractivity contribution in [3.05, 3.63) is 91.0 Å². The smallest absolute Gasteiger partial charge is 0.320 e. The fraction of sp³-hybridized carbons (Fsp3) is 0.708. The molecule has 0 spiro atoms. The van der Waals surface area contributed by atoms with Crippen LogP contribution in [0.15, 0.2) is 24.3 Å². The van der Waals surface area contributed by atoms with E-state index in [1.54, 1.807) is 43.9 Å². The molecule has 4 aliphatic heterocycles. The lowest BCUT2D eigenvalue weighted by atomic mass is 9.74. The Hall–Kier alpha value is -7.00. The zero-order chi connectivity index (χ0) is 83.2. The van der Waals surface area contributed by atoms with E-state index in [9.17, 15) is 80.5 Å². The summed E-state index contributed by atoms with van der Waals surface area (Å²) < 4.78 is 0. The molecule has 5 aliphatic rings. The van der Waals surface area contributed by atoms with E-state index < -0.39 is 71.7 Å². The second-order valence-corrected chi connectivity index (χ2v) is 35.5. The molecule has 8 bridgehead atoms. The monoisotopic (exact) mass is 1610 g/mol. The first kappa shape index (κ1) is 92.9. The van der Waals surface area contributed by atoms with Gasteiger partial charge in [-0.2, -0.15) is 0 Å². The third kappa shape index (κ3) is 24.6. The van der Waals surface area contributed by atoms with Gasteiger partial charge < -0.3 is 61.3 Å². The molecule has 12 N–H and O–H groups in total. The Balaban J connectivity index is 1.42. The fourth-order valence-electron chi connectivity index (χ4n) is 20.3. The number of aliphatic carboxylic acids is 4. The Morgan fingerprint density at radius 3 is 0.543 bits per heavy atom. The second-order valence-electron chi connectivity index (χ2n) is 35.5. The van der Waals surface area contributed by atoms with Gasteiger partial charge in [-0.1, -0.05) is 259 Å². The van der Waals surface area contributed by atoms with Crippen molar-refractivity contribution in [2.75, 3.05) is 26.2 Å². The van der Waals surface area contributed by atoms with E-state index >= 15 is 0 Å². The highest BCUT2D eigenvalue weighted by atomic mass is 16.4. The Kier molecular flexibility index (Phi) is 38.2. The molecule has 20 nitrogen and oxygen atoms in total. The van der Waals surface area contributed by atoms with Crippen LogP contribution in [0, 0.1) is 0 Å². The number of likely N-dealkylation sites (tertiary alicyclic amines) is 4. The minimum atomic E-state index is -1.05. The van der Waals surface area contributed by atoms with Crippen molar-refractivity contribution in [1.29, 1.82) is 0 Å². The molecule has 116 heavy (non-hydrogen) atoms. The van der Waals surface area contributed by atoms with Crippen molar-refractivity contribution in [2.45, 2.75) is 410 Å². The average molecular weight is 1610 g/mol. The lowest BCUT2D eigenvalue weighted by Gasteiger charge is -2.33. The van der Waals surface area contributed by atoms with Crippen molar-refractivity contribution < 1.29 is 80.5 Å². The predicted octanol–water partition coefficient (Wildman–Crippen LogP) is 22.1. The molecule has 1 aliphatic carbocycles. The maximum Gasteiger partial charge on any atom is 0.320 e. The Morgan fingerprint density at radius 1 is 0.250 bits per heavy atom. The number of fused-ring (bicyclic) bond motifs is 8. The van der Waals surface area contributed by atoms with E-state index in [1.165, 1.54) is 0 Å². The summed E-state index contributed by atoms with van der Waals surface area (Å²) in [6.45, 7) is 9.28. The molecule has 0 amide bonds. The molecule has 20 heteroatoms. The van der Waals surface area contributed by atoms with E-state index in [0.717, 1.165) is 205 Å². The quantitative estimate of drug-likeness (QED) is 0.0183. The zero-order valence-electron chi connectivity index (χ0n) is 71.3. The topological polar surface area (TPSA) is 324 Å². The summed E-state index contributed by atoms with van der Waals surface area (Å²) in [7, 11) is 0. The lowest BCUT2D eigenvalue weighted by Crippen LogP contribution is -2.35. The standard InChI is InChI=1S/C96H148N4O16/c1-5-9-13-17-21-25-29-33-37-45-65-69-57-71(87(103)77(85(69)101)61-97-53-41-49-81(97)93(109)110)66(46-38-34-30-26-22-18-14-10-6-2)73-59-75(91(107)79(89(73)105)63-99-55-43-51-83(99)95(113)114)68(48-40-36-32-28-24-20-16-12-8-4)76-60-74(90(106)80(92(76)108)64-100-56-44-52-84(100)96(115)116)67(47-39-35-31-27-23-19-15-11-7-3)72-58-70(65)86(102)78(88(72)104)62-98-54-42-50-82(98)94(111)112/h57-60,65-68,81-84,101-108H,5-56,61-64H2,1-4H3,(H,109,110)(H,111,112)(H,113,114)(H,115,116)/t65?,66?,67?,68?,81-,82-,83-,84-/m0/s1.